The Bertz CT molecular complexity index is 568. The summed E-state index contributed by atoms with van der Waals surface area (Å²) in [5.74, 6) is 0.932. The Hall–Kier alpha value is -2.08. The Kier molecular flexibility index (Phi) is 3.33. The number of nitrogens with one attached hydrogen (secondary N) is 2. The molecule has 6 heteroatoms. The molecule has 19 heavy (non-hydrogen) atoms. The predicted molar refractivity (Wildman–Crippen MR) is 69.7 cm³/mol. The zero-order valence-corrected chi connectivity index (χ0v) is 10.3. The number of halogens is 1. The Morgan fingerprint density at radius 3 is 2.95 bits per heavy atom. The van der Waals surface area contributed by atoms with E-state index in [2.05, 4.69) is 25.6 Å². The fourth-order valence-electron chi connectivity index (χ4n) is 2.16. The first-order valence-electron chi connectivity index (χ1n) is 6.23. The van der Waals surface area contributed by atoms with Crippen molar-refractivity contribution in [3.63, 3.8) is 0 Å². The molecule has 2 aromatic heterocycles. The third-order valence-corrected chi connectivity index (χ3v) is 3.12. The number of nitrogens with zero attached hydrogens (tertiary/aromatic N) is 3. The van der Waals surface area contributed by atoms with Gasteiger partial charge in [0.15, 0.2) is 0 Å². The van der Waals surface area contributed by atoms with Crippen LogP contribution < -0.4 is 10.6 Å². The van der Waals surface area contributed by atoms with Gasteiger partial charge in [-0.05, 0) is 25.1 Å². The zero-order valence-electron chi connectivity index (χ0n) is 10.3. The van der Waals surface area contributed by atoms with E-state index in [1.54, 1.807) is 6.20 Å². The fraction of sp³-hybridized carbons (Fsp3) is 0.308. The summed E-state index contributed by atoms with van der Waals surface area (Å²) in [5.41, 5.74) is 0.999. The number of hydrogen-bond donors (Lipinski definition) is 2. The van der Waals surface area contributed by atoms with Crippen molar-refractivity contribution in [2.75, 3.05) is 18.4 Å². The van der Waals surface area contributed by atoms with Gasteiger partial charge >= 0.3 is 0 Å². The maximum atomic E-state index is 13.1. The monoisotopic (exact) mass is 259 g/mol. The first-order valence-corrected chi connectivity index (χ1v) is 6.23. The molecule has 0 bridgehead atoms. The molecule has 3 heterocycles. The minimum absolute atomic E-state index is 0.339. The second kappa shape index (κ2) is 5.27. The molecule has 3 rings (SSSR count). The summed E-state index contributed by atoms with van der Waals surface area (Å²) < 4.78 is 13.1. The minimum Gasteiger partial charge on any atom is -0.316 e. The maximum absolute atomic E-state index is 13.1. The van der Waals surface area contributed by atoms with Crippen LogP contribution in [0.5, 0.6) is 0 Å². The smallest absolute Gasteiger partial charge is 0.228 e. The molecule has 0 aliphatic carbocycles. The Balaban J connectivity index is 1.79. The Morgan fingerprint density at radius 2 is 2.16 bits per heavy atom. The normalized spacial score (nSPS) is 18.5. The van der Waals surface area contributed by atoms with E-state index in [1.807, 2.05) is 6.07 Å². The lowest BCUT2D eigenvalue weighted by molar-refractivity contribution is 0.626. The van der Waals surface area contributed by atoms with Gasteiger partial charge in [-0.1, -0.05) is 0 Å². The van der Waals surface area contributed by atoms with Crippen molar-refractivity contribution in [1.82, 2.24) is 20.3 Å². The van der Waals surface area contributed by atoms with Crippen LogP contribution in [0, 0.1) is 5.82 Å². The molecular weight excluding hydrogens is 245 g/mol. The average molecular weight is 259 g/mol. The van der Waals surface area contributed by atoms with Crippen LogP contribution in [-0.4, -0.2) is 28.0 Å². The van der Waals surface area contributed by atoms with E-state index in [9.17, 15) is 4.39 Å². The van der Waals surface area contributed by atoms with Crippen LogP contribution in [0.4, 0.5) is 16.2 Å². The second-order valence-electron chi connectivity index (χ2n) is 4.48. The van der Waals surface area contributed by atoms with Gasteiger partial charge in [0.1, 0.15) is 11.6 Å². The van der Waals surface area contributed by atoms with Gasteiger partial charge in [0.2, 0.25) is 5.95 Å². The van der Waals surface area contributed by atoms with Gasteiger partial charge in [0.05, 0.1) is 5.69 Å². The molecule has 1 fully saturated rings. The first-order chi connectivity index (χ1) is 9.31. The largest absolute Gasteiger partial charge is 0.316 e. The third kappa shape index (κ3) is 2.85. The van der Waals surface area contributed by atoms with Crippen LogP contribution in [0.3, 0.4) is 0 Å². The molecule has 0 amide bonds. The quantitative estimate of drug-likeness (QED) is 0.880. The highest BCUT2D eigenvalue weighted by molar-refractivity contribution is 5.47. The van der Waals surface area contributed by atoms with Gasteiger partial charge in [-0.25, -0.2) is 19.3 Å². The Labute approximate surface area is 110 Å². The van der Waals surface area contributed by atoms with Crippen molar-refractivity contribution < 1.29 is 4.39 Å². The van der Waals surface area contributed by atoms with Crippen LogP contribution >= 0.6 is 0 Å². The molecule has 2 aromatic rings. The number of rotatable bonds is 3. The van der Waals surface area contributed by atoms with E-state index < -0.39 is 0 Å². The number of pyridine rings is 1. The molecule has 1 aliphatic rings. The summed E-state index contributed by atoms with van der Waals surface area (Å²) in [6.45, 7) is 1.96. The minimum atomic E-state index is -0.339. The van der Waals surface area contributed by atoms with Gasteiger partial charge in [-0.2, -0.15) is 0 Å². The highest BCUT2D eigenvalue weighted by atomic mass is 19.1. The first kappa shape index (κ1) is 12.0. The predicted octanol–water partition coefficient (Wildman–Crippen LogP) is 1.83. The summed E-state index contributed by atoms with van der Waals surface area (Å²) >= 11 is 0. The molecule has 2 N–H and O–H groups in total. The van der Waals surface area contributed by atoms with Crippen molar-refractivity contribution in [3.05, 3.63) is 42.1 Å². The number of anilines is 2. The van der Waals surface area contributed by atoms with Crippen LogP contribution in [0.2, 0.25) is 0 Å². The van der Waals surface area contributed by atoms with E-state index in [4.69, 9.17) is 0 Å². The molecule has 0 radical (unpaired) electrons. The van der Waals surface area contributed by atoms with Crippen molar-refractivity contribution in [2.45, 2.75) is 12.3 Å². The van der Waals surface area contributed by atoms with Gasteiger partial charge in [-0.3, -0.25) is 0 Å². The SMILES string of the molecule is Fc1ccnc(Nc2nccc([C@@H]3CCNC3)n2)c1. The molecule has 1 atom stereocenters. The molecule has 5 nitrogen and oxygen atoms in total. The third-order valence-electron chi connectivity index (χ3n) is 3.12. The highest BCUT2D eigenvalue weighted by Gasteiger charge is 2.18. The van der Waals surface area contributed by atoms with Crippen LogP contribution in [0.1, 0.15) is 18.0 Å². The molecule has 0 unspecified atom stereocenters. The molecule has 1 aliphatic heterocycles. The standard InChI is InChI=1S/C13H14FN5/c14-10-2-5-16-12(7-10)19-13-17-6-3-11(18-13)9-1-4-15-8-9/h2-3,5-7,9,15H,1,4,8H2,(H,16,17,18,19)/t9-/m1/s1. The molecule has 0 spiro atoms. The molecule has 0 aromatic carbocycles. The van der Waals surface area contributed by atoms with E-state index >= 15 is 0 Å². The van der Waals surface area contributed by atoms with E-state index in [1.165, 1.54) is 18.3 Å². The summed E-state index contributed by atoms with van der Waals surface area (Å²) in [7, 11) is 0. The van der Waals surface area contributed by atoms with Crippen LogP contribution in [0.25, 0.3) is 0 Å². The van der Waals surface area contributed by atoms with Gasteiger partial charge < -0.3 is 10.6 Å². The van der Waals surface area contributed by atoms with Gasteiger partial charge in [0, 0.05) is 30.9 Å². The number of aromatic nitrogens is 3. The summed E-state index contributed by atoms with van der Waals surface area (Å²) in [5, 5.41) is 6.22. The summed E-state index contributed by atoms with van der Waals surface area (Å²) in [6, 6.07) is 4.53. The second-order valence-corrected chi connectivity index (χ2v) is 4.48. The number of hydrogen-bond acceptors (Lipinski definition) is 5. The van der Waals surface area contributed by atoms with Crippen LogP contribution in [0.15, 0.2) is 30.6 Å². The van der Waals surface area contributed by atoms with E-state index in [-0.39, 0.29) is 5.82 Å². The summed E-state index contributed by atoms with van der Waals surface area (Å²) in [4.78, 5) is 12.6. The van der Waals surface area contributed by atoms with Crippen molar-refractivity contribution in [1.29, 1.82) is 0 Å². The van der Waals surface area contributed by atoms with Crippen molar-refractivity contribution >= 4 is 11.8 Å². The van der Waals surface area contributed by atoms with Crippen LogP contribution in [-0.2, 0) is 0 Å². The summed E-state index contributed by atoms with van der Waals surface area (Å²) in [6.07, 6.45) is 4.19. The maximum Gasteiger partial charge on any atom is 0.228 e. The Morgan fingerprint density at radius 1 is 1.26 bits per heavy atom. The van der Waals surface area contributed by atoms with Crippen molar-refractivity contribution in [3.8, 4) is 0 Å². The van der Waals surface area contributed by atoms with Gasteiger partial charge in [0.25, 0.3) is 0 Å². The zero-order chi connectivity index (χ0) is 13.1. The van der Waals surface area contributed by atoms with E-state index in [0.29, 0.717) is 17.7 Å². The molecule has 1 saturated heterocycles. The molecular formula is C13H14FN5. The lowest BCUT2D eigenvalue weighted by Gasteiger charge is -2.09. The average Bonchev–Trinajstić information content (AvgIpc) is 2.93. The van der Waals surface area contributed by atoms with Gasteiger partial charge in [-0.15, -0.1) is 0 Å². The molecule has 98 valence electrons. The van der Waals surface area contributed by atoms with E-state index in [0.717, 1.165) is 25.2 Å². The van der Waals surface area contributed by atoms with Crippen molar-refractivity contribution in [2.24, 2.45) is 0 Å². The lowest BCUT2D eigenvalue weighted by Crippen LogP contribution is -2.10. The molecule has 0 saturated carbocycles. The topological polar surface area (TPSA) is 62.7 Å². The highest BCUT2D eigenvalue weighted by Crippen LogP contribution is 2.21. The lowest BCUT2D eigenvalue weighted by atomic mass is 10.1. The fourth-order valence-corrected chi connectivity index (χ4v) is 2.16.